The fourth-order valence-electron chi connectivity index (χ4n) is 1.23. The maximum absolute atomic E-state index is 11.5. The highest BCUT2D eigenvalue weighted by Crippen LogP contribution is 2.11. The number of pyridine rings is 1. The number of carbonyl (C=O) groups is 1. The number of rotatable bonds is 6. The second-order valence-electron chi connectivity index (χ2n) is 3.54. The van der Waals surface area contributed by atoms with Gasteiger partial charge in [-0.15, -0.1) is 0 Å². The van der Waals surface area contributed by atoms with Crippen LogP contribution < -0.4 is 5.73 Å². The molecule has 0 aliphatic heterocycles. The van der Waals surface area contributed by atoms with Gasteiger partial charge in [0, 0.05) is 12.6 Å². The second-order valence-corrected chi connectivity index (χ2v) is 5.77. The number of nitrogens with two attached hydrogens (primary N) is 1. The highest BCUT2D eigenvalue weighted by Gasteiger charge is 2.12. The summed E-state index contributed by atoms with van der Waals surface area (Å²) in [6.07, 6.45) is 4.07. The Bertz CT molecular complexity index is 480. The lowest BCUT2D eigenvalue weighted by atomic mass is 10.1. The van der Waals surface area contributed by atoms with Crippen molar-refractivity contribution in [2.75, 3.05) is 5.75 Å². The van der Waals surface area contributed by atoms with Gasteiger partial charge in [-0.1, -0.05) is 13.0 Å². The zero-order chi connectivity index (χ0) is 12.9. The number of hydrogen-bond donors (Lipinski definition) is 1. The fraction of sp³-hybridized carbons (Fsp3) is 0.364. The minimum Gasteiger partial charge on any atom is -0.370 e. The first-order valence-electron chi connectivity index (χ1n) is 5.26. The van der Waals surface area contributed by atoms with Crippen molar-refractivity contribution >= 4 is 15.7 Å². The molecule has 1 rings (SSSR count). The Labute approximate surface area is 101 Å². The lowest BCUT2D eigenvalue weighted by molar-refractivity contribution is -0.117. The summed E-state index contributed by atoms with van der Waals surface area (Å²) in [7, 11) is -3.25. The number of aromatic nitrogens is 1. The summed E-state index contributed by atoms with van der Waals surface area (Å²) in [5, 5.41) is 0.0760. The molecule has 0 saturated heterocycles. The highest BCUT2D eigenvalue weighted by molar-refractivity contribution is 7.91. The van der Waals surface area contributed by atoms with Crippen LogP contribution in [0.1, 0.15) is 25.3 Å². The highest BCUT2D eigenvalue weighted by atomic mass is 32.2. The molecule has 0 aliphatic rings. The third kappa shape index (κ3) is 4.14. The van der Waals surface area contributed by atoms with Crippen LogP contribution in [0.5, 0.6) is 0 Å². The molecule has 0 saturated carbocycles. The van der Waals surface area contributed by atoms with Crippen LogP contribution in [-0.4, -0.2) is 25.1 Å². The number of primary amides is 1. The van der Waals surface area contributed by atoms with Crippen LogP contribution in [0.25, 0.3) is 0 Å². The Morgan fingerprint density at radius 3 is 2.65 bits per heavy atom. The van der Waals surface area contributed by atoms with Crippen LogP contribution in [0.4, 0.5) is 0 Å². The molecule has 6 heteroatoms. The molecular formula is C11H15N2O3S. The molecule has 0 aliphatic carbocycles. The minimum absolute atomic E-state index is 0.0325. The zero-order valence-corrected chi connectivity index (χ0v) is 10.4. The van der Waals surface area contributed by atoms with Crippen molar-refractivity contribution < 1.29 is 13.2 Å². The normalized spacial score (nSPS) is 11.4. The summed E-state index contributed by atoms with van der Waals surface area (Å²) in [6, 6.07) is 3.13. The number of carbonyl (C=O) groups excluding carboxylic acids is 1. The van der Waals surface area contributed by atoms with Gasteiger partial charge in [0.05, 0.1) is 5.75 Å². The van der Waals surface area contributed by atoms with Crippen molar-refractivity contribution in [3.05, 3.63) is 30.3 Å². The van der Waals surface area contributed by atoms with Gasteiger partial charge in [0.15, 0.2) is 14.9 Å². The third-order valence-electron chi connectivity index (χ3n) is 2.23. The maximum Gasteiger partial charge on any atom is 0.217 e. The van der Waals surface area contributed by atoms with Gasteiger partial charge in [0.1, 0.15) is 0 Å². The lowest BCUT2D eigenvalue weighted by Gasteiger charge is -2.02. The molecule has 93 valence electrons. The molecule has 0 bridgehead atoms. The first-order chi connectivity index (χ1) is 7.95. The number of amides is 1. The summed E-state index contributed by atoms with van der Waals surface area (Å²) in [6.45, 7) is 1.57. The van der Waals surface area contributed by atoms with E-state index in [0.29, 0.717) is 6.42 Å². The van der Waals surface area contributed by atoms with Crippen molar-refractivity contribution in [2.24, 2.45) is 5.73 Å². The standard InChI is InChI=1S/C11H15N2O3S/c1-2-17(15,16)11-7-6-9(8-13-11)4-3-5-10(12)14/h4,6-8H,2-3,5H2,1H3,(H2,12,14). The summed E-state index contributed by atoms with van der Waals surface area (Å²) in [4.78, 5) is 14.4. The van der Waals surface area contributed by atoms with E-state index in [1.807, 2.05) is 0 Å². The van der Waals surface area contributed by atoms with Gasteiger partial charge in [-0.3, -0.25) is 4.79 Å². The average molecular weight is 255 g/mol. The summed E-state index contributed by atoms with van der Waals surface area (Å²) in [5.41, 5.74) is 5.78. The summed E-state index contributed by atoms with van der Waals surface area (Å²) < 4.78 is 23.0. The van der Waals surface area contributed by atoms with Crippen molar-refractivity contribution in [3.63, 3.8) is 0 Å². The molecule has 1 radical (unpaired) electrons. The van der Waals surface area contributed by atoms with Crippen LogP contribution in [0.2, 0.25) is 0 Å². The van der Waals surface area contributed by atoms with Crippen molar-refractivity contribution in [1.29, 1.82) is 0 Å². The molecule has 5 nitrogen and oxygen atoms in total. The molecule has 1 heterocycles. The average Bonchev–Trinajstić information content (AvgIpc) is 2.29. The topological polar surface area (TPSA) is 90.1 Å². The maximum atomic E-state index is 11.5. The second kappa shape index (κ2) is 5.77. The Balaban J connectivity index is 2.66. The minimum atomic E-state index is -3.25. The molecule has 0 unspecified atom stereocenters. The monoisotopic (exact) mass is 255 g/mol. The number of nitrogens with zero attached hydrogens (tertiary/aromatic N) is 1. The molecule has 0 fully saturated rings. The molecule has 0 spiro atoms. The molecule has 1 amide bonds. The molecule has 0 atom stereocenters. The first-order valence-corrected chi connectivity index (χ1v) is 6.91. The van der Waals surface area contributed by atoms with Gasteiger partial charge in [-0.05, 0) is 24.5 Å². The van der Waals surface area contributed by atoms with E-state index in [4.69, 9.17) is 5.73 Å². The molecule has 17 heavy (non-hydrogen) atoms. The molecule has 2 N–H and O–H groups in total. The van der Waals surface area contributed by atoms with Gasteiger partial charge < -0.3 is 5.73 Å². The van der Waals surface area contributed by atoms with Crippen LogP contribution in [0, 0.1) is 6.42 Å². The first kappa shape index (κ1) is 13.6. The van der Waals surface area contributed by atoms with E-state index in [9.17, 15) is 13.2 Å². The number of hydrogen-bond acceptors (Lipinski definition) is 4. The molecule has 1 aromatic rings. The zero-order valence-electron chi connectivity index (χ0n) is 9.59. The van der Waals surface area contributed by atoms with Crippen molar-refractivity contribution in [3.8, 4) is 0 Å². The van der Waals surface area contributed by atoms with E-state index in [1.54, 1.807) is 19.4 Å². The molecule has 0 aromatic carbocycles. The third-order valence-corrected chi connectivity index (χ3v) is 3.87. The van der Waals surface area contributed by atoms with E-state index in [-0.39, 0.29) is 23.1 Å². The van der Waals surface area contributed by atoms with Gasteiger partial charge in [0.25, 0.3) is 0 Å². The van der Waals surface area contributed by atoms with Crippen LogP contribution in [0.3, 0.4) is 0 Å². The van der Waals surface area contributed by atoms with Gasteiger partial charge in [0.2, 0.25) is 5.91 Å². The number of sulfone groups is 1. The predicted octanol–water partition coefficient (Wildman–Crippen LogP) is 0.693. The van der Waals surface area contributed by atoms with Crippen LogP contribution in [-0.2, 0) is 14.6 Å². The van der Waals surface area contributed by atoms with E-state index in [2.05, 4.69) is 4.98 Å². The largest absolute Gasteiger partial charge is 0.370 e. The Morgan fingerprint density at radius 1 is 1.47 bits per heavy atom. The van der Waals surface area contributed by atoms with Gasteiger partial charge in [-0.25, -0.2) is 13.4 Å². The SMILES string of the molecule is CCS(=O)(=O)c1ccc([CH]CCC(N)=O)cn1. The van der Waals surface area contributed by atoms with E-state index >= 15 is 0 Å². The Kier molecular flexibility index (Phi) is 4.62. The van der Waals surface area contributed by atoms with Crippen molar-refractivity contribution in [1.82, 2.24) is 4.98 Å². The predicted molar refractivity (Wildman–Crippen MR) is 63.8 cm³/mol. The Morgan fingerprint density at radius 2 is 2.18 bits per heavy atom. The quantitative estimate of drug-likeness (QED) is 0.809. The summed E-state index contributed by atoms with van der Waals surface area (Å²) in [5.74, 6) is -0.329. The lowest BCUT2D eigenvalue weighted by Crippen LogP contribution is -2.10. The Hall–Kier alpha value is -1.43. The van der Waals surface area contributed by atoms with E-state index in [1.165, 1.54) is 12.3 Å². The van der Waals surface area contributed by atoms with Crippen LogP contribution in [0.15, 0.2) is 23.4 Å². The molecular weight excluding hydrogens is 240 g/mol. The van der Waals surface area contributed by atoms with Crippen LogP contribution >= 0.6 is 0 Å². The van der Waals surface area contributed by atoms with Gasteiger partial charge >= 0.3 is 0 Å². The van der Waals surface area contributed by atoms with E-state index < -0.39 is 9.84 Å². The van der Waals surface area contributed by atoms with Crippen molar-refractivity contribution in [2.45, 2.75) is 24.8 Å². The summed E-state index contributed by atoms with van der Waals surface area (Å²) >= 11 is 0. The van der Waals surface area contributed by atoms with Gasteiger partial charge in [-0.2, -0.15) is 0 Å². The fourth-order valence-corrected chi connectivity index (χ4v) is 2.01. The smallest absolute Gasteiger partial charge is 0.217 e. The van der Waals surface area contributed by atoms with E-state index in [0.717, 1.165) is 5.56 Å². The molecule has 1 aromatic heterocycles.